The molecule has 0 aromatic rings. The molecule has 0 aromatic carbocycles. The molecule has 0 aliphatic carbocycles. The summed E-state index contributed by atoms with van der Waals surface area (Å²) in [6, 6.07) is 0. The Kier molecular flexibility index (Phi) is 1.74. The van der Waals surface area contributed by atoms with Crippen molar-refractivity contribution < 1.29 is 0 Å². The molecule has 1 aliphatic heterocycles. The second-order valence-corrected chi connectivity index (χ2v) is 2.79. The van der Waals surface area contributed by atoms with Crippen LogP contribution in [0.5, 0.6) is 0 Å². The molecule has 1 atom stereocenters. The van der Waals surface area contributed by atoms with Gasteiger partial charge < -0.3 is 5.32 Å². The Morgan fingerprint density at radius 2 is 2.57 bits per heavy atom. The van der Waals surface area contributed by atoms with Crippen molar-refractivity contribution in [2.24, 2.45) is 0 Å². The van der Waals surface area contributed by atoms with Crippen LogP contribution in [0.2, 0.25) is 0 Å². The predicted octanol–water partition coefficient (Wildman–Crippen LogP) is 1.26. The lowest BCUT2D eigenvalue weighted by Crippen LogP contribution is -2.16. The Labute approximate surface area is 51.9 Å². The minimum atomic E-state index is 0.605. The highest BCUT2D eigenvalue weighted by atomic mass is 79.9. The number of allylic oxidation sites excluding steroid dienone is 1. The van der Waals surface area contributed by atoms with Crippen LogP contribution >= 0.6 is 15.9 Å². The number of hydrogen-bond donors (Lipinski definition) is 1. The summed E-state index contributed by atoms with van der Waals surface area (Å²) in [4.78, 5) is 0.605. The van der Waals surface area contributed by atoms with E-state index < -0.39 is 0 Å². The van der Waals surface area contributed by atoms with E-state index in [2.05, 4.69) is 27.3 Å². The fraction of sp³-hybridized carbons (Fsp3) is 0.600. The third-order valence-corrected chi connectivity index (χ3v) is 1.75. The normalized spacial score (nSPS) is 29.6. The molecule has 0 amide bonds. The zero-order chi connectivity index (χ0) is 5.11. The molecule has 0 fully saturated rings. The largest absolute Gasteiger partial charge is 0.391 e. The van der Waals surface area contributed by atoms with Crippen molar-refractivity contribution in [3.8, 4) is 0 Å². The Bertz CT molecular complexity index is 80.1. The summed E-state index contributed by atoms with van der Waals surface area (Å²) in [6.45, 7) is 1.10. The highest BCUT2D eigenvalue weighted by molar-refractivity contribution is 9.09. The lowest BCUT2D eigenvalue weighted by atomic mass is 10.2. The van der Waals surface area contributed by atoms with E-state index in [4.69, 9.17) is 0 Å². The topological polar surface area (TPSA) is 12.0 Å². The van der Waals surface area contributed by atoms with Crippen LogP contribution in [0, 0.1) is 0 Å². The van der Waals surface area contributed by atoms with Crippen LogP contribution in [0.3, 0.4) is 0 Å². The van der Waals surface area contributed by atoms with Crippen molar-refractivity contribution in [1.82, 2.24) is 5.32 Å². The van der Waals surface area contributed by atoms with Gasteiger partial charge in [-0.2, -0.15) is 0 Å². The standard InChI is InChI=1S/C5H8BrN/c6-5-1-3-7-4-2-5/h1,3,5,7H,2,4H2. The summed E-state index contributed by atoms with van der Waals surface area (Å²) in [5.74, 6) is 0. The minimum absolute atomic E-state index is 0.605. The summed E-state index contributed by atoms with van der Waals surface area (Å²) in [7, 11) is 0. The first-order valence-corrected chi connectivity index (χ1v) is 3.35. The number of alkyl halides is 1. The molecule has 1 rings (SSSR count). The van der Waals surface area contributed by atoms with Crippen molar-refractivity contribution in [2.75, 3.05) is 6.54 Å². The van der Waals surface area contributed by atoms with Crippen LogP contribution in [0.1, 0.15) is 6.42 Å². The van der Waals surface area contributed by atoms with Crippen molar-refractivity contribution in [3.05, 3.63) is 12.3 Å². The maximum Gasteiger partial charge on any atom is 0.0358 e. The molecule has 0 aromatic heterocycles. The summed E-state index contributed by atoms with van der Waals surface area (Å²) in [5.41, 5.74) is 0. The summed E-state index contributed by atoms with van der Waals surface area (Å²) >= 11 is 3.46. The Balaban J connectivity index is 2.36. The molecule has 1 N–H and O–H groups in total. The van der Waals surface area contributed by atoms with E-state index in [1.54, 1.807) is 0 Å². The monoisotopic (exact) mass is 161 g/mol. The smallest absolute Gasteiger partial charge is 0.0358 e. The van der Waals surface area contributed by atoms with Crippen LogP contribution in [0.4, 0.5) is 0 Å². The van der Waals surface area contributed by atoms with Crippen LogP contribution in [0.25, 0.3) is 0 Å². The summed E-state index contributed by atoms with van der Waals surface area (Å²) in [5, 5.41) is 3.10. The molecule has 40 valence electrons. The Morgan fingerprint density at radius 3 is 2.86 bits per heavy atom. The number of hydrogen-bond acceptors (Lipinski definition) is 1. The number of halogens is 1. The zero-order valence-electron chi connectivity index (χ0n) is 4.02. The predicted molar refractivity (Wildman–Crippen MR) is 34.5 cm³/mol. The second kappa shape index (κ2) is 2.36. The van der Waals surface area contributed by atoms with Gasteiger partial charge in [-0.25, -0.2) is 0 Å². The molecular formula is C5H8BrN. The molecule has 2 heteroatoms. The van der Waals surface area contributed by atoms with Crippen LogP contribution in [0.15, 0.2) is 12.3 Å². The molecule has 0 radical (unpaired) electrons. The van der Waals surface area contributed by atoms with Crippen molar-refractivity contribution in [1.29, 1.82) is 0 Å². The molecule has 1 heterocycles. The fourth-order valence-electron chi connectivity index (χ4n) is 0.573. The zero-order valence-corrected chi connectivity index (χ0v) is 5.61. The van der Waals surface area contributed by atoms with E-state index in [1.807, 2.05) is 6.20 Å². The first-order valence-electron chi connectivity index (χ1n) is 2.44. The van der Waals surface area contributed by atoms with Gasteiger partial charge in [-0.3, -0.25) is 0 Å². The van der Waals surface area contributed by atoms with Gasteiger partial charge in [-0.15, -0.1) is 0 Å². The van der Waals surface area contributed by atoms with Gasteiger partial charge in [0.05, 0.1) is 0 Å². The van der Waals surface area contributed by atoms with E-state index in [0.29, 0.717) is 4.83 Å². The third-order valence-electron chi connectivity index (χ3n) is 0.987. The van der Waals surface area contributed by atoms with Gasteiger partial charge in [0.2, 0.25) is 0 Å². The molecule has 0 bridgehead atoms. The average molecular weight is 162 g/mol. The highest BCUT2D eigenvalue weighted by Gasteiger charge is 1.99. The molecule has 1 unspecified atom stereocenters. The first kappa shape index (κ1) is 5.16. The lowest BCUT2D eigenvalue weighted by Gasteiger charge is -2.09. The average Bonchev–Trinajstić information content (AvgIpc) is 1.69. The fourth-order valence-corrected chi connectivity index (χ4v) is 0.955. The maximum absolute atomic E-state index is 3.46. The number of rotatable bonds is 0. The second-order valence-electron chi connectivity index (χ2n) is 1.62. The van der Waals surface area contributed by atoms with E-state index in [1.165, 1.54) is 6.42 Å². The molecule has 0 spiro atoms. The first-order chi connectivity index (χ1) is 3.39. The van der Waals surface area contributed by atoms with Gasteiger partial charge in [0.15, 0.2) is 0 Å². The van der Waals surface area contributed by atoms with E-state index >= 15 is 0 Å². The van der Waals surface area contributed by atoms with Gasteiger partial charge in [-0.1, -0.05) is 22.0 Å². The van der Waals surface area contributed by atoms with Gasteiger partial charge in [0.25, 0.3) is 0 Å². The molecule has 7 heavy (non-hydrogen) atoms. The SMILES string of the molecule is BrC1C=CNCC1. The quantitative estimate of drug-likeness (QED) is 0.528. The summed E-state index contributed by atoms with van der Waals surface area (Å²) in [6.07, 6.45) is 5.31. The van der Waals surface area contributed by atoms with E-state index in [0.717, 1.165) is 6.54 Å². The summed E-state index contributed by atoms with van der Waals surface area (Å²) < 4.78 is 0. The van der Waals surface area contributed by atoms with Gasteiger partial charge in [0.1, 0.15) is 0 Å². The molecule has 1 nitrogen and oxygen atoms in total. The number of nitrogens with one attached hydrogen (secondary N) is 1. The molecule has 0 saturated heterocycles. The van der Waals surface area contributed by atoms with Gasteiger partial charge in [0, 0.05) is 11.4 Å². The lowest BCUT2D eigenvalue weighted by molar-refractivity contribution is 0.743. The molecule has 1 aliphatic rings. The van der Waals surface area contributed by atoms with Crippen LogP contribution < -0.4 is 5.32 Å². The molecular weight excluding hydrogens is 154 g/mol. The van der Waals surface area contributed by atoms with Gasteiger partial charge in [-0.05, 0) is 12.6 Å². The highest BCUT2D eigenvalue weighted by Crippen LogP contribution is 2.07. The van der Waals surface area contributed by atoms with Crippen molar-refractivity contribution in [3.63, 3.8) is 0 Å². The Hall–Kier alpha value is 0.0200. The van der Waals surface area contributed by atoms with Crippen molar-refractivity contribution in [2.45, 2.75) is 11.2 Å². The molecule has 0 saturated carbocycles. The Morgan fingerprint density at radius 1 is 1.71 bits per heavy atom. The maximum atomic E-state index is 3.46. The van der Waals surface area contributed by atoms with E-state index in [9.17, 15) is 0 Å². The van der Waals surface area contributed by atoms with Crippen LogP contribution in [-0.4, -0.2) is 11.4 Å². The van der Waals surface area contributed by atoms with Crippen molar-refractivity contribution >= 4 is 15.9 Å². The van der Waals surface area contributed by atoms with E-state index in [-0.39, 0.29) is 0 Å². The van der Waals surface area contributed by atoms with Gasteiger partial charge >= 0.3 is 0 Å². The third kappa shape index (κ3) is 1.51. The minimum Gasteiger partial charge on any atom is -0.391 e. The van der Waals surface area contributed by atoms with Crippen LogP contribution in [-0.2, 0) is 0 Å².